The van der Waals surface area contributed by atoms with Crippen LogP contribution in [0.25, 0.3) is 0 Å². The van der Waals surface area contributed by atoms with Crippen molar-refractivity contribution in [2.75, 3.05) is 17.2 Å². The predicted molar refractivity (Wildman–Crippen MR) is 97.3 cm³/mol. The van der Waals surface area contributed by atoms with E-state index in [4.69, 9.17) is 4.74 Å². The van der Waals surface area contributed by atoms with Gasteiger partial charge in [-0.15, -0.1) is 0 Å². The molecule has 0 unspecified atom stereocenters. The zero-order chi connectivity index (χ0) is 18.9. The number of ether oxygens (including phenoxy) is 2. The number of carbonyl (C=O) groups is 3. The summed E-state index contributed by atoms with van der Waals surface area (Å²) in [6, 6.07) is 12.7. The molecule has 0 bridgehead atoms. The molecule has 2 amide bonds. The molecule has 0 aliphatic rings. The number of anilines is 2. The van der Waals surface area contributed by atoms with Crippen LogP contribution in [-0.4, -0.2) is 24.6 Å². The Morgan fingerprint density at radius 3 is 2.31 bits per heavy atom. The maximum Gasteiger partial charge on any atom is 0.513 e. The highest BCUT2D eigenvalue weighted by molar-refractivity contribution is 6.05. The maximum atomic E-state index is 12.3. The summed E-state index contributed by atoms with van der Waals surface area (Å²) in [5, 5.41) is 5.33. The van der Waals surface area contributed by atoms with Gasteiger partial charge in [-0.25, -0.2) is 4.79 Å². The summed E-state index contributed by atoms with van der Waals surface area (Å²) in [6.45, 7) is 5.27. The first-order valence-electron chi connectivity index (χ1n) is 7.81. The lowest BCUT2D eigenvalue weighted by molar-refractivity contribution is -0.111. The van der Waals surface area contributed by atoms with E-state index < -0.39 is 6.16 Å². The summed E-state index contributed by atoms with van der Waals surface area (Å²) in [7, 11) is 0. The molecular weight excluding hydrogens is 336 g/mol. The lowest BCUT2D eigenvalue weighted by Gasteiger charge is -2.09. The summed E-state index contributed by atoms with van der Waals surface area (Å²) in [6.07, 6.45) is 0.355. The van der Waals surface area contributed by atoms with Crippen LogP contribution in [0, 0.1) is 0 Å². The molecule has 0 aliphatic heterocycles. The van der Waals surface area contributed by atoms with E-state index in [0.717, 1.165) is 6.08 Å². The van der Waals surface area contributed by atoms with E-state index in [9.17, 15) is 14.4 Å². The number of carbonyl (C=O) groups excluding carboxylic acids is 3. The van der Waals surface area contributed by atoms with Crippen LogP contribution in [0.3, 0.4) is 0 Å². The monoisotopic (exact) mass is 354 g/mol. The maximum absolute atomic E-state index is 12.3. The van der Waals surface area contributed by atoms with Gasteiger partial charge in [0.2, 0.25) is 5.91 Å². The van der Waals surface area contributed by atoms with Gasteiger partial charge < -0.3 is 20.1 Å². The van der Waals surface area contributed by atoms with Gasteiger partial charge in [0, 0.05) is 16.9 Å². The van der Waals surface area contributed by atoms with Gasteiger partial charge in [0.25, 0.3) is 5.91 Å². The fourth-order valence-corrected chi connectivity index (χ4v) is 1.99. The van der Waals surface area contributed by atoms with Crippen molar-refractivity contribution >= 4 is 29.3 Å². The number of hydrogen-bond donors (Lipinski definition) is 2. The van der Waals surface area contributed by atoms with Crippen LogP contribution >= 0.6 is 0 Å². The Balaban J connectivity index is 2.01. The molecule has 134 valence electrons. The van der Waals surface area contributed by atoms with Crippen LogP contribution in [0.2, 0.25) is 0 Å². The molecule has 2 rings (SSSR count). The van der Waals surface area contributed by atoms with Gasteiger partial charge in [-0.3, -0.25) is 9.59 Å². The fraction of sp³-hybridized carbons (Fsp3) is 0.105. The van der Waals surface area contributed by atoms with Gasteiger partial charge in [-0.2, -0.15) is 0 Å². The van der Waals surface area contributed by atoms with Gasteiger partial charge in [0.15, 0.2) is 0 Å². The van der Waals surface area contributed by atoms with Crippen molar-refractivity contribution in [2.45, 2.75) is 6.92 Å². The Bertz CT molecular complexity index is 815. The summed E-state index contributed by atoms with van der Waals surface area (Å²) in [5.41, 5.74) is 1.43. The average Bonchev–Trinajstić information content (AvgIpc) is 2.62. The minimum atomic E-state index is -0.803. The molecule has 2 aromatic carbocycles. The van der Waals surface area contributed by atoms with Gasteiger partial charge >= 0.3 is 6.16 Å². The van der Waals surface area contributed by atoms with Gasteiger partial charge in [-0.05, 0) is 55.5 Å². The first-order chi connectivity index (χ1) is 12.5. The van der Waals surface area contributed by atoms with Gasteiger partial charge in [-0.1, -0.05) is 12.6 Å². The predicted octanol–water partition coefficient (Wildman–Crippen LogP) is 3.60. The molecule has 2 aromatic rings. The van der Waals surface area contributed by atoms with E-state index in [1.807, 2.05) is 0 Å². The zero-order valence-electron chi connectivity index (χ0n) is 14.2. The lowest BCUT2D eigenvalue weighted by atomic mass is 10.2. The third kappa shape index (κ3) is 5.48. The normalized spacial score (nSPS) is 9.73. The van der Waals surface area contributed by atoms with E-state index in [-0.39, 0.29) is 24.2 Å². The SMILES string of the molecule is C=CC(=O)Nc1cccc(NC(=O)c2ccc(OC(=O)OCC)cc2)c1. The van der Waals surface area contributed by atoms with Crippen molar-refractivity contribution in [1.29, 1.82) is 0 Å². The number of hydrogen-bond acceptors (Lipinski definition) is 5. The van der Waals surface area contributed by atoms with Gasteiger partial charge in [0.1, 0.15) is 5.75 Å². The summed E-state index contributed by atoms with van der Waals surface area (Å²) in [4.78, 5) is 34.9. The van der Waals surface area contributed by atoms with Crippen LogP contribution in [0.4, 0.5) is 16.2 Å². The highest BCUT2D eigenvalue weighted by Crippen LogP contribution is 2.18. The second-order valence-electron chi connectivity index (χ2n) is 5.04. The van der Waals surface area contributed by atoms with Crippen molar-refractivity contribution in [2.24, 2.45) is 0 Å². The van der Waals surface area contributed by atoms with Crippen LogP contribution in [0.1, 0.15) is 17.3 Å². The molecule has 7 heteroatoms. The molecule has 0 aliphatic carbocycles. The summed E-state index contributed by atoms with van der Waals surface area (Å²) < 4.78 is 9.60. The highest BCUT2D eigenvalue weighted by Gasteiger charge is 2.09. The minimum Gasteiger partial charge on any atom is -0.434 e. The van der Waals surface area contributed by atoms with Crippen LogP contribution in [0.15, 0.2) is 61.2 Å². The minimum absolute atomic E-state index is 0.214. The number of benzene rings is 2. The summed E-state index contributed by atoms with van der Waals surface area (Å²) in [5.74, 6) is -0.417. The first kappa shape index (κ1) is 18.7. The molecule has 0 saturated carbocycles. The van der Waals surface area contributed by atoms with E-state index in [0.29, 0.717) is 16.9 Å². The summed E-state index contributed by atoms with van der Waals surface area (Å²) >= 11 is 0. The molecule has 0 heterocycles. The Morgan fingerprint density at radius 1 is 1.04 bits per heavy atom. The zero-order valence-corrected chi connectivity index (χ0v) is 14.2. The Morgan fingerprint density at radius 2 is 1.69 bits per heavy atom. The number of nitrogens with one attached hydrogen (secondary N) is 2. The quantitative estimate of drug-likeness (QED) is 0.470. The van der Waals surface area contributed by atoms with Crippen LogP contribution in [0.5, 0.6) is 5.75 Å². The van der Waals surface area contributed by atoms with Gasteiger partial charge in [0.05, 0.1) is 6.61 Å². The fourth-order valence-electron chi connectivity index (χ4n) is 1.99. The molecule has 0 atom stereocenters. The van der Waals surface area contributed by atoms with E-state index in [1.54, 1.807) is 31.2 Å². The van der Waals surface area contributed by atoms with Crippen molar-refractivity contribution < 1.29 is 23.9 Å². The standard InChI is InChI=1S/C19H18N2O5/c1-3-17(22)20-14-6-5-7-15(12-14)21-18(23)13-8-10-16(11-9-13)26-19(24)25-4-2/h3,5-12H,1,4H2,2H3,(H,20,22)(H,21,23). The highest BCUT2D eigenvalue weighted by atomic mass is 16.7. The average molecular weight is 354 g/mol. The molecule has 7 nitrogen and oxygen atoms in total. The smallest absolute Gasteiger partial charge is 0.434 e. The molecule has 0 saturated heterocycles. The number of rotatable bonds is 6. The second-order valence-corrected chi connectivity index (χ2v) is 5.04. The molecule has 26 heavy (non-hydrogen) atoms. The second kappa shape index (κ2) is 9.03. The molecule has 0 spiro atoms. The van der Waals surface area contributed by atoms with Crippen LogP contribution in [-0.2, 0) is 9.53 Å². The molecular formula is C19H18N2O5. The lowest BCUT2D eigenvalue weighted by Crippen LogP contribution is -2.13. The Hall–Kier alpha value is -3.61. The third-order valence-corrected chi connectivity index (χ3v) is 3.15. The van der Waals surface area contributed by atoms with Crippen molar-refractivity contribution in [1.82, 2.24) is 0 Å². The Labute approximate surface area is 150 Å². The Kier molecular flexibility index (Phi) is 6.50. The van der Waals surface area contributed by atoms with Crippen molar-refractivity contribution in [3.05, 3.63) is 66.7 Å². The molecule has 2 N–H and O–H groups in total. The molecule has 0 radical (unpaired) electrons. The van der Waals surface area contributed by atoms with E-state index >= 15 is 0 Å². The van der Waals surface area contributed by atoms with E-state index in [1.165, 1.54) is 24.3 Å². The third-order valence-electron chi connectivity index (χ3n) is 3.15. The number of amides is 2. The molecule has 0 aromatic heterocycles. The first-order valence-corrected chi connectivity index (χ1v) is 7.81. The molecule has 0 fully saturated rings. The van der Waals surface area contributed by atoms with Crippen molar-refractivity contribution in [3.8, 4) is 5.75 Å². The topological polar surface area (TPSA) is 93.7 Å². The largest absolute Gasteiger partial charge is 0.513 e. The van der Waals surface area contributed by atoms with E-state index in [2.05, 4.69) is 21.9 Å². The van der Waals surface area contributed by atoms with Crippen LogP contribution < -0.4 is 15.4 Å². The van der Waals surface area contributed by atoms with Crippen molar-refractivity contribution in [3.63, 3.8) is 0 Å².